The van der Waals surface area contributed by atoms with Crippen molar-refractivity contribution in [2.24, 2.45) is 0 Å². The van der Waals surface area contributed by atoms with Gasteiger partial charge in [0.15, 0.2) is 0 Å². The summed E-state index contributed by atoms with van der Waals surface area (Å²) in [4.78, 5) is 20.0. The Balaban J connectivity index is 2.38. The van der Waals surface area contributed by atoms with E-state index in [0.717, 1.165) is 0 Å². The van der Waals surface area contributed by atoms with Gasteiger partial charge in [0.25, 0.3) is 0 Å². The van der Waals surface area contributed by atoms with Crippen LogP contribution in [0.25, 0.3) is 22.3 Å². The molecule has 0 spiro atoms. The largest absolute Gasteiger partial charge is 0.478 e. The van der Waals surface area contributed by atoms with Crippen LogP contribution in [0.2, 0.25) is 0 Å². The van der Waals surface area contributed by atoms with Crippen LogP contribution < -0.4 is 0 Å². The lowest BCUT2D eigenvalue weighted by molar-refractivity contribution is 0.0699. The first-order valence-corrected chi connectivity index (χ1v) is 6.80. The minimum Gasteiger partial charge on any atom is -0.478 e. The first kappa shape index (κ1) is 13.6. The molecular weight excluding hydrogens is 339 g/mol. The monoisotopic (exact) mass is 346 g/mol. The number of hydrogen-bond donors (Lipinski definition) is 1. The lowest BCUT2D eigenvalue weighted by Gasteiger charge is -2.08. The second-order valence-corrected chi connectivity index (χ2v) is 5.21. The number of benzene rings is 1. The summed E-state index contributed by atoms with van der Waals surface area (Å²) in [6.45, 7) is 0. The van der Waals surface area contributed by atoms with E-state index in [4.69, 9.17) is 0 Å². The maximum absolute atomic E-state index is 13.5. The Bertz CT molecular complexity index is 853. The summed E-state index contributed by atoms with van der Waals surface area (Å²) in [5.41, 5.74) is 1.35. The molecule has 0 unspecified atom stereocenters. The van der Waals surface area contributed by atoms with Gasteiger partial charge >= 0.3 is 5.97 Å². The van der Waals surface area contributed by atoms with Gasteiger partial charge in [0.2, 0.25) is 0 Å². The number of hydrogen-bond acceptors (Lipinski definition) is 3. The van der Waals surface area contributed by atoms with E-state index < -0.39 is 11.8 Å². The minimum absolute atomic E-state index is 0.0131. The van der Waals surface area contributed by atoms with Crippen LogP contribution in [0, 0.1) is 5.82 Å². The highest BCUT2D eigenvalue weighted by Gasteiger charge is 2.16. The fourth-order valence-electron chi connectivity index (χ4n) is 2.07. The lowest BCUT2D eigenvalue weighted by atomic mass is 10.1. The molecule has 3 aromatic rings. The molecule has 2 heterocycles. The predicted molar refractivity (Wildman–Crippen MR) is 79.6 cm³/mol. The van der Waals surface area contributed by atoms with Crippen LogP contribution in [-0.4, -0.2) is 21.0 Å². The van der Waals surface area contributed by atoms with Crippen molar-refractivity contribution in [2.45, 2.75) is 0 Å². The minimum atomic E-state index is -1.14. The van der Waals surface area contributed by atoms with Crippen molar-refractivity contribution < 1.29 is 14.3 Å². The number of aromatic carboxylic acids is 1. The van der Waals surface area contributed by atoms with Gasteiger partial charge < -0.3 is 5.11 Å². The summed E-state index contributed by atoms with van der Waals surface area (Å²) in [5.74, 6) is -1.67. The number of carbonyl (C=O) groups is 1. The van der Waals surface area contributed by atoms with E-state index in [0.29, 0.717) is 21.4 Å². The zero-order chi connectivity index (χ0) is 15.0. The molecule has 1 aromatic carbocycles. The van der Waals surface area contributed by atoms with Gasteiger partial charge in [0, 0.05) is 16.1 Å². The molecule has 21 heavy (non-hydrogen) atoms. The van der Waals surface area contributed by atoms with Crippen molar-refractivity contribution in [1.29, 1.82) is 0 Å². The molecule has 1 N–H and O–H groups in total. The van der Waals surface area contributed by atoms with Crippen LogP contribution in [0.3, 0.4) is 0 Å². The highest BCUT2D eigenvalue weighted by atomic mass is 79.9. The zero-order valence-electron chi connectivity index (χ0n) is 10.5. The molecule has 104 valence electrons. The molecular formula is C15H8BrFN2O2. The van der Waals surface area contributed by atoms with Crippen molar-refractivity contribution in [3.63, 3.8) is 0 Å². The van der Waals surface area contributed by atoms with Crippen molar-refractivity contribution in [2.75, 3.05) is 0 Å². The summed E-state index contributed by atoms with van der Waals surface area (Å²) < 4.78 is 13.9. The van der Waals surface area contributed by atoms with E-state index in [1.807, 2.05) is 0 Å². The molecule has 0 aliphatic rings. The molecule has 0 fully saturated rings. The number of carboxylic acids is 1. The zero-order valence-corrected chi connectivity index (χ0v) is 12.1. The number of rotatable bonds is 2. The van der Waals surface area contributed by atoms with Gasteiger partial charge in [-0.25, -0.2) is 14.2 Å². The smallest absolute Gasteiger partial charge is 0.336 e. The van der Waals surface area contributed by atoms with Gasteiger partial charge in [0.1, 0.15) is 5.82 Å². The Morgan fingerprint density at radius 1 is 1.19 bits per heavy atom. The average Bonchev–Trinajstić information content (AvgIpc) is 2.47. The summed E-state index contributed by atoms with van der Waals surface area (Å²) in [7, 11) is 0. The maximum Gasteiger partial charge on any atom is 0.336 e. The van der Waals surface area contributed by atoms with Crippen LogP contribution >= 0.6 is 15.9 Å². The highest BCUT2D eigenvalue weighted by Crippen LogP contribution is 2.29. The van der Waals surface area contributed by atoms with Crippen LogP contribution in [-0.2, 0) is 0 Å². The third kappa shape index (κ3) is 2.50. The molecule has 3 rings (SSSR count). The first-order chi connectivity index (χ1) is 10.1. The van der Waals surface area contributed by atoms with Gasteiger partial charge in [-0.05, 0) is 46.3 Å². The first-order valence-electron chi connectivity index (χ1n) is 6.01. The number of fused-ring (bicyclic) bond motifs is 1. The fourth-order valence-corrected chi connectivity index (χ4v) is 2.60. The SMILES string of the molecule is O=C(O)c1cc(-c2ccccn2)nc2c(Br)cc(F)cc12. The Labute approximate surface area is 127 Å². The number of aromatic nitrogens is 2. The molecule has 0 atom stereocenters. The van der Waals surface area contributed by atoms with Gasteiger partial charge in [-0.3, -0.25) is 4.98 Å². The fraction of sp³-hybridized carbons (Fsp3) is 0. The molecule has 0 aliphatic heterocycles. The molecule has 0 aliphatic carbocycles. The number of carboxylic acid groups (broad SMARTS) is 1. The third-order valence-corrected chi connectivity index (χ3v) is 3.59. The molecule has 0 saturated heterocycles. The van der Waals surface area contributed by atoms with Crippen molar-refractivity contribution in [3.8, 4) is 11.4 Å². The quantitative estimate of drug-likeness (QED) is 0.764. The van der Waals surface area contributed by atoms with Crippen LogP contribution in [0.1, 0.15) is 10.4 Å². The number of nitrogens with zero attached hydrogens (tertiary/aromatic N) is 2. The van der Waals surface area contributed by atoms with E-state index in [9.17, 15) is 14.3 Å². The summed E-state index contributed by atoms with van der Waals surface area (Å²) in [6, 6.07) is 9.10. The van der Waals surface area contributed by atoms with Gasteiger partial charge in [-0.15, -0.1) is 0 Å². The summed E-state index contributed by atoms with van der Waals surface area (Å²) >= 11 is 3.22. The van der Waals surface area contributed by atoms with E-state index in [2.05, 4.69) is 25.9 Å². The van der Waals surface area contributed by atoms with Crippen molar-refractivity contribution in [1.82, 2.24) is 9.97 Å². The topological polar surface area (TPSA) is 63.1 Å². The van der Waals surface area contributed by atoms with E-state index in [1.54, 1.807) is 24.4 Å². The predicted octanol–water partition coefficient (Wildman–Crippen LogP) is 3.90. The van der Waals surface area contributed by atoms with Crippen LogP contribution in [0.5, 0.6) is 0 Å². The molecule has 0 amide bonds. The normalized spacial score (nSPS) is 10.8. The van der Waals surface area contributed by atoms with Gasteiger partial charge in [-0.2, -0.15) is 0 Å². The Morgan fingerprint density at radius 2 is 2.00 bits per heavy atom. The Kier molecular flexibility index (Phi) is 3.39. The van der Waals surface area contributed by atoms with Crippen LogP contribution in [0.15, 0.2) is 47.1 Å². The van der Waals surface area contributed by atoms with Crippen molar-refractivity contribution in [3.05, 3.63) is 58.4 Å². The van der Waals surface area contributed by atoms with E-state index >= 15 is 0 Å². The third-order valence-electron chi connectivity index (χ3n) is 2.99. The summed E-state index contributed by atoms with van der Waals surface area (Å²) in [6.07, 6.45) is 1.60. The average molecular weight is 347 g/mol. The summed E-state index contributed by atoms with van der Waals surface area (Å²) in [5, 5.41) is 9.59. The van der Waals surface area contributed by atoms with E-state index in [1.165, 1.54) is 18.2 Å². The molecule has 0 saturated carbocycles. The van der Waals surface area contributed by atoms with E-state index in [-0.39, 0.29) is 10.9 Å². The molecule has 0 bridgehead atoms. The Hall–Kier alpha value is -2.34. The second-order valence-electron chi connectivity index (χ2n) is 4.36. The highest BCUT2D eigenvalue weighted by molar-refractivity contribution is 9.10. The second kappa shape index (κ2) is 5.21. The molecule has 6 heteroatoms. The van der Waals surface area contributed by atoms with Crippen LogP contribution in [0.4, 0.5) is 4.39 Å². The molecule has 2 aromatic heterocycles. The van der Waals surface area contributed by atoms with Gasteiger partial charge in [-0.1, -0.05) is 6.07 Å². The lowest BCUT2D eigenvalue weighted by Crippen LogP contribution is -2.01. The standard InChI is InChI=1S/C15H8BrFN2O2/c16-11-6-8(17)5-9-10(15(20)21)7-13(19-14(9)11)12-3-1-2-4-18-12/h1-7H,(H,20,21). The Morgan fingerprint density at radius 3 is 2.67 bits per heavy atom. The molecule has 4 nitrogen and oxygen atoms in total. The molecule has 0 radical (unpaired) electrons. The number of halogens is 2. The maximum atomic E-state index is 13.5. The van der Waals surface area contributed by atoms with Gasteiger partial charge in [0.05, 0.1) is 22.5 Å². The number of pyridine rings is 2. The van der Waals surface area contributed by atoms with Crippen molar-refractivity contribution >= 4 is 32.8 Å².